The Balaban J connectivity index is 1.78. The summed E-state index contributed by atoms with van der Waals surface area (Å²) in [6.45, 7) is 2.76. The Labute approximate surface area is 109 Å². The van der Waals surface area contributed by atoms with Crippen LogP contribution in [0.2, 0.25) is 0 Å². The number of halogens is 1. The van der Waals surface area contributed by atoms with Gasteiger partial charge in [0.05, 0.1) is 0 Å². The van der Waals surface area contributed by atoms with E-state index < -0.39 is 0 Å². The predicted molar refractivity (Wildman–Crippen MR) is 72.7 cm³/mol. The Morgan fingerprint density at radius 2 is 1.94 bits per heavy atom. The van der Waals surface area contributed by atoms with Crippen molar-refractivity contribution in [2.75, 3.05) is 20.1 Å². The van der Waals surface area contributed by atoms with Gasteiger partial charge in [-0.15, -0.1) is 0 Å². The lowest BCUT2D eigenvalue weighted by Crippen LogP contribution is -2.39. The summed E-state index contributed by atoms with van der Waals surface area (Å²) >= 11 is 0. The number of rotatable bonds is 6. The molecule has 2 N–H and O–H groups in total. The Hall–Kier alpha value is -0.930. The lowest BCUT2D eigenvalue weighted by Gasteiger charge is -2.42. The van der Waals surface area contributed by atoms with Gasteiger partial charge in [-0.3, -0.25) is 0 Å². The Morgan fingerprint density at radius 3 is 2.44 bits per heavy atom. The van der Waals surface area contributed by atoms with Crippen LogP contribution in [0.15, 0.2) is 24.3 Å². The molecule has 1 fully saturated rings. The Bertz CT molecular complexity index is 365. The zero-order valence-electron chi connectivity index (χ0n) is 11.2. The maximum atomic E-state index is 12.8. The van der Waals surface area contributed by atoms with Crippen LogP contribution in [0.5, 0.6) is 0 Å². The lowest BCUT2D eigenvalue weighted by molar-refractivity contribution is 0.111. The van der Waals surface area contributed by atoms with Crippen molar-refractivity contribution in [3.05, 3.63) is 35.6 Å². The van der Waals surface area contributed by atoms with E-state index in [1.54, 1.807) is 0 Å². The van der Waals surface area contributed by atoms with Crippen LogP contribution in [0.1, 0.15) is 31.2 Å². The predicted octanol–water partition coefficient (Wildman–Crippen LogP) is 2.78. The molecule has 1 saturated carbocycles. The van der Waals surface area contributed by atoms with E-state index in [2.05, 4.69) is 11.9 Å². The molecule has 2 rings (SSSR count). The number of nitrogens with zero attached hydrogens (tertiary/aromatic N) is 1. The van der Waals surface area contributed by atoms with Crippen LogP contribution in [0.25, 0.3) is 0 Å². The first-order valence-electron chi connectivity index (χ1n) is 6.77. The third-order valence-electron chi connectivity index (χ3n) is 4.24. The Kier molecular flexibility index (Phi) is 4.36. The van der Waals surface area contributed by atoms with Gasteiger partial charge in [0, 0.05) is 6.54 Å². The van der Waals surface area contributed by atoms with E-state index in [1.165, 1.54) is 37.8 Å². The van der Waals surface area contributed by atoms with Gasteiger partial charge in [-0.1, -0.05) is 18.6 Å². The van der Waals surface area contributed by atoms with Crippen LogP contribution >= 0.6 is 0 Å². The lowest BCUT2D eigenvalue weighted by atomic mass is 9.66. The molecule has 0 unspecified atom stereocenters. The smallest absolute Gasteiger partial charge is 0.123 e. The highest BCUT2D eigenvalue weighted by Crippen LogP contribution is 2.42. The summed E-state index contributed by atoms with van der Waals surface area (Å²) in [5.41, 5.74) is 7.44. The van der Waals surface area contributed by atoms with E-state index in [1.807, 2.05) is 12.1 Å². The highest BCUT2D eigenvalue weighted by Gasteiger charge is 2.34. The van der Waals surface area contributed by atoms with Gasteiger partial charge in [-0.05, 0) is 62.5 Å². The van der Waals surface area contributed by atoms with Crippen LogP contribution < -0.4 is 5.73 Å². The second-order valence-electron chi connectivity index (χ2n) is 5.67. The quantitative estimate of drug-likeness (QED) is 0.841. The van der Waals surface area contributed by atoms with Crippen molar-refractivity contribution in [2.45, 2.75) is 32.2 Å². The molecule has 0 amide bonds. The first-order chi connectivity index (χ1) is 8.63. The van der Waals surface area contributed by atoms with E-state index in [-0.39, 0.29) is 5.82 Å². The van der Waals surface area contributed by atoms with Crippen LogP contribution in [0, 0.1) is 11.2 Å². The molecule has 18 heavy (non-hydrogen) atoms. The van der Waals surface area contributed by atoms with Gasteiger partial charge in [0.25, 0.3) is 0 Å². The average Bonchev–Trinajstić information content (AvgIpc) is 2.31. The SMILES string of the molecule is CN(CCC1(CN)CCC1)Cc1ccc(F)cc1. The fourth-order valence-corrected chi connectivity index (χ4v) is 2.64. The van der Waals surface area contributed by atoms with Gasteiger partial charge in [0.1, 0.15) is 5.82 Å². The molecule has 0 heterocycles. The minimum Gasteiger partial charge on any atom is -0.330 e. The number of hydrogen-bond donors (Lipinski definition) is 1. The maximum absolute atomic E-state index is 12.8. The van der Waals surface area contributed by atoms with Crippen molar-refractivity contribution in [3.63, 3.8) is 0 Å². The summed E-state index contributed by atoms with van der Waals surface area (Å²) in [4.78, 5) is 2.29. The topological polar surface area (TPSA) is 29.3 Å². The molecule has 3 heteroatoms. The fraction of sp³-hybridized carbons (Fsp3) is 0.600. The second kappa shape index (κ2) is 5.81. The molecule has 1 aromatic carbocycles. The summed E-state index contributed by atoms with van der Waals surface area (Å²) < 4.78 is 12.8. The second-order valence-corrected chi connectivity index (χ2v) is 5.67. The van der Waals surface area contributed by atoms with Crippen molar-refractivity contribution in [1.82, 2.24) is 4.90 Å². The van der Waals surface area contributed by atoms with E-state index in [4.69, 9.17) is 5.73 Å². The van der Waals surface area contributed by atoms with Crippen molar-refractivity contribution < 1.29 is 4.39 Å². The third-order valence-corrected chi connectivity index (χ3v) is 4.24. The first kappa shape index (κ1) is 13.5. The molecule has 0 spiro atoms. The van der Waals surface area contributed by atoms with Crippen molar-refractivity contribution in [2.24, 2.45) is 11.1 Å². The van der Waals surface area contributed by atoms with Gasteiger partial charge in [-0.2, -0.15) is 0 Å². The molecule has 0 bridgehead atoms. The molecule has 0 aromatic heterocycles. The van der Waals surface area contributed by atoms with Crippen molar-refractivity contribution in [3.8, 4) is 0 Å². The number of hydrogen-bond acceptors (Lipinski definition) is 2. The van der Waals surface area contributed by atoms with Gasteiger partial charge in [-0.25, -0.2) is 4.39 Å². The minimum absolute atomic E-state index is 0.169. The summed E-state index contributed by atoms with van der Waals surface area (Å²) in [7, 11) is 2.12. The maximum Gasteiger partial charge on any atom is 0.123 e. The van der Waals surface area contributed by atoms with Crippen LogP contribution in [0.3, 0.4) is 0 Å². The van der Waals surface area contributed by atoms with Crippen LogP contribution in [-0.4, -0.2) is 25.0 Å². The van der Waals surface area contributed by atoms with E-state index in [0.717, 1.165) is 25.2 Å². The van der Waals surface area contributed by atoms with E-state index in [0.29, 0.717) is 5.41 Å². The molecule has 100 valence electrons. The summed E-state index contributed by atoms with van der Waals surface area (Å²) in [6, 6.07) is 6.76. The van der Waals surface area contributed by atoms with Crippen LogP contribution in [0.4, 0.5) is 4.39 Å². The van der Waals surface area contributed by atoms with Gasteiger partial charge >= 0.3 is 0 Å². The molecule has 0 aliphatic heterocycles. The summed E-state index contributed by atoms with van der Waals surface area (Å²) in [5.74, 6) is -0.169. The molecule has 1 aliphatic carbocycles. The summed E-state index contributed by atoms with van der Waals surface area (Å²) in [6.07, 6.45) is 5.09. The highest BCUT2D eigenvalue weighted by atomic mass is 19.1. The minimum atomic E-state index is -0.169. The normalized spacial score (nSPS) is 17.8. The molecule has 1 aliphatic rings. The summed E-state index contributed by atoms with van der Waals surface area (Å²) in [5, 5.41) is 0. The highest BCUT2D eigenvalue weighted by molar-refractivity contribution is 5.15. The van der Waals surface area contributed by atoms with Gasteiger partial charge in [0.15, 0.2) is 0 Å². The molecule has 0 saturated heterocycles. The third kappa shape index (κ3) is 3.30. The monoisotopic (exact) mass is 250 g/mol. The molecule has 0 atom stereocenters. The van der Waals surface area contributed by atoms with Crippen molar-refractivity contribution in [1.29, 1.82) is 0 Å². The molecule has 1 aromatic rings. The number of benzene rings is 1. The van der Waals surface area contributed by atoms with Gasteiger partial charge in [0.2, 0.25) is 0 Å². The Morgan fingerprint density at radius 1 is 1.28 bits per heavy atom. The fourth-order valence-electron chi connectivity index (χ4n) is 2.64. The standard InChI is InChI=1S/C15H23FN2/c1-18(10-9-15(12-17)7-2-8-15)11-13-3-5-14(16)6-4-13/h3-6H,2,7-12,17H2,1H3. The van der Waals surface area contributed by atoms with E-state index >= 15 is 0 Å². The van der Waals surface area contributed by atoms with Crippen LogP contribution in [-0.2, 0) is 6.54 Å². The zero-order chi connectivity index (χ0) is 13.0. The zero-order valence-corrected chi connectivity index (χ0v) is 11.2. The molecule has 0 radical (unpaired) electrons. The molecular formula is C15H23FN2. The van der Waals surface area contributed by atoms with Crippen molar-refractivity contribution >= 4 is 0 Å². The average molecular weight is 250 g/mol. The molecule has 2 nitrogen and oxygen atoms in total. The van der Waals surface area contributed by atoms with E-state index in [9.17, 15) is 4.39 Å². The van der Waals surface area contributed by atoms with Gasteiger partial charge < -0.3 is 10.6 Å². The first-order valence-corrected chi connectivity index (χ1v) is 6.77. The molecular weight excluding hydrogens is 227 g/mol. The number of nitrogens with two attached hydrogens (primary N) is 1. The largest absolute Gasteiger partial charge is 0.330 e.